The van der Waals surface area contributed by atoms with Crippen LogP contribution in [0.5, 0.6) is 0 Å². The lowest BCUT2D eigenvalue weighted by atomic mass is 9.87. The first-order valence-corrected chi connectivity index (χ1v) is 9.85. The van der Waals surface area contributed by atoms with Crippen LogP contribution >= 0.6 is 0 Å². The van der Waals surface area contributed by atoms with E-state index in [2.05, 4.69) is 0 Å². The van der Waals surface area contributed by atoms with Crippen LogP contribution in [-0.4, -0.2) is 42.4 Å². The van der Waals surface area contributed by atoms with Crippen molar-refractivity contribution < 1.29 is 9.59 Å². The fourth-order valence-electron chi connectivity index (χ4n) is 3.86. The second kappa shape index (κ2) is 10.3. The number of benzene rings is 1. The van der Waals surface area contributed by atoms with Crippen molar-refractivity contribution >= 4 is 17.5 Å². The molecule has 0 aliphatic heterocycles. The highest BCUT2D eigenvalue weighted by molar-refractivity contribution is 5.95. The Hall–Kier alpha value is -1.88. The normalized spacial score (nSPS) is 15.4. The average molecular weight is 360 g/mol. The van der Waals surface area contributed by atoms with Gasteiger partial charge in [0.2, 0.25) is 11.8 Å². The molecule has 0 unspecified atom stereocenters. The van der Waals surface area contributed by atoms with Gasteiger partial charge < -0.3 is 10.6 Å². The van der Waals surface area contributed by atoms with E-state index in [1.807, 2.05) is 49.1 Å². The first-order valence-electron chi connectivity index (χ1n) is 9.85. The standard InChI is InChI=1S/C21H33N3O2/c1-17(2)24(19-11-7-4-8-12-19)21(26)16-23(15-20(22)25)14-13-18-9-5-3-6-10-18/h4,7-8,11-12,17-18H,3,5-6,9-10,13-16H2,1-2H3,(H2,22,25). The predicted molar refractivity (Wildman–Crippen MR) is 106 cm³/mol. The Labute approximate surface area is 157 Å². The summed E-state index contributed by atoms with van der Waals surface area (Å²) in [5, 5.41) is 0. The summed E-state index contributed by atoms with van der Waals surface area (Å²) in [4.78, 5) is 28.1. The third-order valence-corrected chi connectivity index (χ3v) is 5.14. The highest BCUT2D eigenvalue weighted by atomic mass is 16.2. The molecule has 2 N–H and O–H groups in total. The maximum atomic E-state index is 13.0. The van der Waals surface area contributed by atoms with Gasteiger partial charge in [0.1, 0.15) is 0 Å². The van der Waals surface area contributed by atoms with Crippen molar-refractivity contribution in [2.24, 2.45) is 11.7 Å². The molecule has 1 aliphatic carbocycles. The number of para-hydroxylation sites is 1. The van der Waals surface area contributed by atoms with Crippen LogP contribution in [0.1, 0.15) is 52.4 Å². The van der Waals surface area contributed by atoms with E-state index in [4.69, 9.17) is 5.73 Å². The first kappa shape index (κ1) is 20.4. The Kier molecular flexibility index (Phi) is 8.10. The van der Waals surface area contributed by atoms with Crippen LogP contribution in [0.2, 0.25) is 0 Å². The lowest BCUT2D eigenvalue weighted by Crippen LogP contribution is -2.46. The molecule has 1 aliphatic rings. The molecule has 0 spiro atoms. The first-order chi connectivity index (χ1) is 12.5. The molecular weight excluding hydrogens is 326 g/mol. The number of carbonyl (C=O) groups excluding carboxylic acids is 2. The molecule has 26 heavy (non-hydrogen) atoms. The largest absolute Gasteiger partial charge is 0.369 e. The number of amides is 2. The molecule has 1 aromatic carbocycles. The Morgan fingerprint density at radius 3 is 2.31 bits per heavy atom. The Balaban J connectivity index is 2.00. The van der Waals surface area contributed by atoms with Crippen molar-refractivity contribution in [2.45, 2.75) is 58.4 Å². The predicted octanol–water partition coefficient (Wildman–Crippen LogP) is 3.19. The minimum Gasteiger partial charge on any atom is -0.369 e. The van der Waals surface area contributed by atoms with E-state index in [-0.39, 0.29) is 30.9 Å². The van der Waals surface area contributed by atoms with Crippen molar-refractivity contribution in [1.82, 2.24) is 4.90 Å². The van der Waals surface area contributed by atoms with Crippen LogP contribution in [0.15, 0.2) is 30.3 Å². The smallest absolute Gasteiger partial charge is 0.241 e. The summed E-state index contributed by atoms with van der Waals surface area (Å²) in [5.74, 6) is 0.345. The van der Waals surface area contributed by atoms with Gasteiger partial charge in [-0.15, -0.1) is 0 Å². The summed E-state index contributed by atoms with van der Waals surface area (Å²) < 4.78 is 0. The monoisotopic (exact) mass is 359 g/mol. The van der Waals surface area contributed by atoms with Crippen LogP contribution in [-0.2, 0) is 9.59 Å². The molecule has 144 valence electrons. The number of hydrogen-bond donors (Lipinski definition) is 1. The molecule has 5 heteroatoms. The summed E-state index contributed by atoms with van der Waals surface area (Å²) in [5.41, 5.74) is 6.31. The SMILES string of the molecule is CC(C)N(C(=O)CN(CCC1CCCCC1)CC(N)=O)c1ccccc1. The number of nitrogens with zero attached hydrogens (tertiary/aromatic N) is 2. The molecular formula is C21H33N3O2. The Bertz CT molecular complexity index is 568. The minimum atomic E-state index is -0.378. The number of hydrogen-bond acceptors (Lipinski definition) is 3. The minimum absolute atomic E-state index is 0.0103. The van der Waals surface area contributed by atoms with Crippen molar-refractivity contribution in [1.29, 1.82) is 0 Å². The fraction of sp³-hybridized carbons (Fsp3) is 0.619. The third-order valence-electron chi connectivity index (χ3n) is 5.14. The van der Waals surface area contributed by atoms with Crippen LogP contribution in [0.25, 0.3) is 0 Å². The molecule has 0 bridgehead atoms. The maximum Gasteiger partial charge on any atom is 0.241 e. The summed E-state index contributed by atoms with van der Waals surface area (Å²) >= 11 is 0. The maximum absolute atomic E-state index is 13.0. The molecule has 1 aromatic rings. The number of primary amides is 1. The van der Waals surface area contributed by atoms with E-state index in [1.54, 1.807) is 4.90 Å². The van der Waals surface area contributed by atoms with Gasteiger partial charge in [-0.3, -0.25) is 14.5 Å². The van der Waals surface area contributed by atoms with Gasteiger partial charge in [-0.1, -0.05) is 50.3 Å². The molecule has 2 rings (SSSR count). The van der Waals surface area contributed by atoms with Gasteiger partial charge in [0.05, 0.1) is 13.1 Å². The quantitative estimate of drug-likeness (QED) is 0.736. The van der Waals surface area contributed by atoms with E-state index in [0.29, 0.717) is 5.92 Å². The van der Waals surface area contributed by atoms with Crippen LogP contribution in [0.3, 0.4) is 0 Å². The van der Waals surface area contributed by atoms with Crippen molar-refractivity contribution in [2.75, 3.05) is 24.5 Å². The van der Waals surface area contributed by atoms with Gasteiger partial charge in [0.15, 0.2) is 0 Å². The summed E-state index contributed by atoms with van der Waals surface area (Å²) in [6, 6.07) is 9.75. The fourth-order valence-corrected chi connectivity index (χ4v) is 3.86. The second-order valence-corrected chi connectivity index (χ2v) is 7.66. The lowest BCUT2D eigenvalue weighted by molar-refractivity contribution is -0.122. The molecule has 2 amide bonds. The molecule has 0 aromatic heterocycles. The Morgan fingerprint density at radius 1 is 1.08 bits per heavy atom. The van der Waals surface area contributed by atoms with E-state index in [9.17, 15) is 9.59 Å². The van der Waals surface area contributed by atoms with E-state index in [0.717, 1.165) is 18.7 Å². The summed E-state index contributed by atoms with van der Waals surface area (Å²) in [7, 11) is 0. The Morgan fingerprint density at radius 2 is 1.73 bits per heavy atom. The topological polar surface area (TPSA) is 66.6 Å². The van der Waals surface area contributed by atoms with Crippen molar-refractivity contribution in [3.05, 3.63) is 30.3 Å². The second-order valence-electron chi connectivity index (χ2n) is 7.66. The zero-order chi connectivity index (χ0) is 18.9. The number of carbonyl (C=O) groups is 2. The van der Waals surface area contributed by atoms with Gasteiger partial charge in [-0.2, -0.15) is 0 Å². The van der Waals surface area contributed by atoms with Gasteiger partial charge >= 0.3 is 0 Å². The average Bonchev–Trinajstić information content (AvgIpc) is 2.61. The van der Waals surface area contributed by atoms with E-state index < -0.39 is 0 Å². The molecule has 0 saturated heterocycles. The van der Waals surface area contributed by atoms with Crippen LogP contribution < -0.4 is 10.6 Å². The van der Waals surface area contributed by atoms with Crippen molar-refractivity contribution in [3.63, 3.8) is 0 Å². The molecule has 1 saturated carbocycles. The molecule has 5 nitrogen and oxygen atoms in total. The van der Waals surface area contributed by atoms with E-state index in [1.165, 1.54) is 32.1 Å². The molecule has 0 radical (unpaired) electrons. The number of anilines is 1. The van der Waals surface area contributed by atoms with Gasteiger partial charge in [-0.05, 0) is 44.9 Å². The number of rotatable bonds is 9. The zero-order valence-corrected chi connectivity index (χ0v) is 16.2. The van der Waals surface area contributed by atoms with Crippen LogP contribution in [0.4, 0.5) is 5.69 Å². The lowest BCUT2D eigenvalue weighted by Gasteiger charge is -2.31. The zero-order valence-electron chi connectivity index (χ0n) is 16.2. The van der Waals surface area contributed by atoms with Gasteiger partial charge in [0.25, 0.3) is 0 Å². The van der Waals surface area contributed by atoms with Crippen molar-refractivity contribution in [3.8, 4) is 0 Å². The molecule has 0 heterocycles. The van der Waals surface area contributed by atoms with E-state index >= 15 is 0 Å². The third kappa shape index (κ3) is 6.45. The molecule has 1 fully saturated rings. The highest BCUT2D eigenvalue weighted by Crippen LogP contribution is 2.26. The molecule has 0 atom stereocenters. The van der Waals surface area contributed by atoms with Gasteiger partial charge in [-0.25, -0.2) is 0 Å². The summed E-state index contributed by atoms with van der Waals surface area (Å²) in [6.07, 6.45) is 7.50. The van der Waals surface area contributed by atoms with Gasteiger partial charge in [0, 0.05) is 11.7 Å². The summed E-state index contributed by atoms with van der Waals surface area (Å²) in [6.45, 7) is 5.12. The van der Waals surface area contributed by atoms with Crippen LogP contribution in [0, 0.1) is 5.92 Å². The number of nitrogens with two attached hydrogens (primary N) is 1. The highest BCUT2D eigenvalue weighted by Gasteiger charge is 2.23.